The summed E-state index contributed by atoms with van der Waals surface area (Å²) in [5.41, 5.74) is 1.26. The summed E-state index contributed by atoms with van der Waals surface area (Å²) in [6, 6.07) is 11.3. The number of hydrogen-bond acceptors (Lipinski definition) is 10. The second-order valence-electron chi connectivity index (χ2n) is 16.0. The molecule has 286 valence electrons. The molecular weight excluding hydrogens is 720 g/mol. The molecule has 14 heteroatoms. The molecule has 2 aromatic carbocycles. The van der Waals surface area contributed by atoms with Gasteiger partial charge < -0.3 is 28.7 Å². The van der Waals surface area contributed by atoms with E-state index < -0.39 is 27.6 Å². The minimum atomic E-state index is -4.25. The predicted molar refractivity (Wildman–Crippen MR) is 199 cm³/mol. The monoisotopic (exact) mass is 768 g/mol. The molecule has 3 fully saturated rings. The van der Waals surface area contributed by atoms with Gasteiger partial charge in [-0.15, -0.1) is 0 Å². The zero-order chi connectivity index (χ0) is 37.0. The molecule has 2 aromatic rings. The number of ether oxygens (including phenoxy) is 4. The Kier molecular flexibility index (Phi) is 9.93. The average molecular weight is 769 g/mol. The smallest absolute Gasteiger partial charge is 0.410 e. The van der Waals surface area contributed by atoms with Crippen molar-refractivity contribution in [2.75, 3.05) is 70.6 Å². The Bertz CT molecular complexity index is 1880. The van der Waals surface area contributed by atoms with Crippen molar-refractivity contribution >= 4 is 39.3 Å². The van der Waals surface area contributed by atoms with Crippen LogP contribution in [0.4, 0.5) is 10.5 Å². The first-order valence-corrected chi connectivity index (χ1v) is 20.7. The van der Waals surface area contributed by atoms with E-state index in [-0.39, 0.29) is 34.8 Å². The van der Waals surface area contributed by atoms with Crippen LogP contribution in [0.15, 0.2) is 53.4 Å². The summed E-state index contributed by atoms with van der Waals surface area (Å²) in [5, 5.41) is 0.704. The lowest BCUT2D eigenvalue weighted by atomic mass is 9.68. The molecule has 0 radical (unpaired) electrons. The maximum Gasteiger partial charge on any atom is 0.410 e. The highest BCUT2D eigenvalue weighted by Crippen LogP contribution is 2.47. The largest absolute Gasteiger partial charge is 0.490 e. The standard InChI is InChI=1S/C39H49ClN4O8S/c1-38(2)36(45)41-53(47,48)30-9-12-35-33(20-30)44(24-39(25-50-35)13-3-5-26-19-28(40)8-11-32(26)39)21-27-7-10-31(27)34(6-4-18-51-38)52-37(46)43-16-14-42(15-17-43)29-22-49-23-29/h4,6,8-9,11-12,19-20,27,29,31,34H,3,5,7,10,13-18,21-25H2,1-2H3,(H,41,45)/b6-4+/t27-,31+,34-,39-/m0/s1. The number of nitrogens with one attached hydrogen (secondary N) is 1. The van der Waals surface area contributed by atoms with Crippen molar-refractivity contribution in [1.29, 1.82) is 0 Å². The van der Waals surface area contributed by atoms with Gasteiger partial charge in [0.25, 0.3) is 15.9 Å². The van der Waals surface area contributed by atoms with Gasteiger partial charge in [-0.05, 0) is 99.4 Å². The van der Waals surface area contributed by atoms with Crippen LogP contribution in [0.2, 0.25) is 5.02 Å². The first kappa shape index (κ1) is 36.6. The first-order chi connectivity index (χ1) is 25.4. The summed E-state index contributed by atoms with van der Waals surface area (Å²) in [6.45, 7) is 8.97. The van der Waals surface area contributed by atoms with Gasteiger partial charge in [-0.2, -0.15) is 0 Å². The number of rotatable bonds is 2. The van der Waals surface area contributed by atoms with E-state index in [9.17, 15) is 18.0 Å². The van der Waals surface area contributed by atoms with E-state index in [0.29, 0.717) is 55.3 Å². The molecule has 12 nitrogen and oxygen atoms in total. The number of carbonyl (C=O) groups excluding carboxylic acids is 2. The van der Waals surface area contributed by atoms with Crippen molar-refractivity contribution in [3.05, 3.63) is 64.7 Å². The van der Waals surface area contributed by atoms with Crippen LogP contribution in [0.3, 0.4) is 0 Å². The second-order valence-corrected chi connectivity index (χ2v) is 18.1. The molecule has 4 aliphatic heterocycles. The molecule has 1 saturated carbocycles. The number of aryl methyl sites for hydroxylation is 1. The minimum Gasteiger partial charge on any atom is -0.490 e. The van der Waals surface area contributed by atoms with Gasteiger partial charge in [0.1, 0.15) is 17.5 Å². The number of sulfonamides is 1. The first-order valence-electron chi connectivity index (χ1n) is 18.9. The van der Waals surface area contributed by atoms with Gasteiger partial charge in [0.15, 0.2) is 0 Å². The molecule has 8 rings (SSSR count). The number of halogens is 1. The summed E-state index contributed by atoms with van der Waals surface area (Å²) in [7, 11) is -4.25. The number of hydrogen-bond donors (Lipinski definition) is 1. The highest BCUT2D eigenvalue weighted by molar-refractivity contribution is 7.90. The molecule has 53 heavy (non-hydrogen) atoms. The molecule has 1 N–H and O–H groups in total. The van der Waals surface area contributed by atoms with E-state index in [1.54, 1.807) is 23.1 Å². The van der Waals surface area contributed by atoms with Gasteiger partial charge in [0, 0.05) is 55.6 Å². The third kappa shape index (κ3) is 7.27. The Morgan fingerprint density at radius 3 is 2.60 bits per heavy atom. The topological polar surface area (TPSA) is 127 Å². The Hall–Kier alpha value is -3.36. The lowest BCUT2D eigenvalue weighted by Crippen LogP contribution is -2.57. The van der Waals surface area contributed by atoms with Gasteiger partial charge in [0.2, 0.25) is 0 Å². The third-order valence-electron chi connectivity index (χ3n) is 12.3. The summed E-state index contributed by atoms with van der Waals surface area (Å²) >= 11 is 6.46. The molecule has 2 amide bonds. The van der Waals surface area contributed by atoms with E-state index in [4.69, 9.17) is 30.5 Å². The maximum atomic E-state index is 13.7. The Morgan fingerprint density at radius 2 is 1.87 bits per heavy atom. The maximum absolute atomic E-state index is 13.7. The number of anilines is 1. The lowest BCUT2D eigenvalue weighted by molar-refractivity contribution is -0.139. The van der Waals surface area contributed by atoms with Crippen molar-refractivity contribution in [3.63, 3.8) is 0 Å². The average Bonchev–Trinajstić information content (AvgIpc) is 3.24. The van der Waals surface area contributed by atoms with Crippen LogP contribution in [-0.4, -0.2) is 114 Å². The van der Waals surface area contributed by atoms with Crippen molar-refractivity contribution in [2.45, 2.75) is 74.0 Å². The van der Waals surface area contributed by atoms with Gasteiger partial charge in [-0.3, -0.25) is 9.69 Å². The Morgan fingerprint density at radius 1 is 1.06 bits per heavy atom. The van der Waals surface area contributed by atoms with Crippen molar-refractivity contribution in [3.8, 4) is 5.75 Å². The third-order valence-corrected chi connectivity index (χ3v) is 13.8. The number of fused-ring (bicyclic) bond motifs is 4. The summed E-state index contributed by atoms with van der Waals surface area (Å²) in [4.78, 5) is 33.5. The highest BCUT2D eigenvalue weighted by atomic mass is 35.5. The Balaban J connectivity index is 1.12. The normalized spacial score (nSPS) is 30.7. The zero-order valence-electron chi connectivity index (χ0n) is 30.4. The van der Waals surface area contributed by atoms with E-state index in [1.165, 1.54) is 31.0 Å². The molecule has 0 unspecified atom stereocenters. The van der Waals surface area contributed by atoms with Gasteiger partial charge >= 0.3 is 6.09 Å². The van der Waals surface area contributed by atoms with Crippen LogP contribution in [0.5, 0.6) is 5.75 Å². The number of amides is 2. The fraction of sp³-hybridized carbons (Fsp3) is 0.590. The fourth-order valence-electron chi connectivity index (χ4n) is 8.78. The summed E-state index contributed by atoms with van der Waals surface area (Å²) in [6.07, 6.45) is 7.43. The minimum absolute atomic E-state index is 0.0285. The summed E-state index contributed by atoms with van der Waals surface area (Å²) in [5.74, 6) is -0.0216. The molecule has 0 aromatic heterocycles. The van der Waals surface area contributed by atoms with Crippen LogP contribution in [0.1, 0.15) is 50.7 Å². The highest BCUT2D eigenvalue weighted by Gasteiger charge is 2.46. The molecule has 2 saturated heterocycles. The number of nitrogens with zero attached hydrogens (tertiary/aromatic N) is 3. The number of benzene rings is 2. The number of piperazine rings is 1. The Labute approximate surface area is 316 Å². The molecule has 4 heterocycles. The van der Waals surface area contributed by atoms with Crippen molar-refractivity contribution < 1.29 is 37.0 Å². The van der Waals surface area contributed by atoms with Gasteiger partial charge in [-0.1, -0.05) is 23.7 Å². The predicted octanol–water partition coefficient (Wildman–Crippen LogP) is 4.53. The number of carbonyl (C=O) groups is 2. The molecule has 1 spiro atoms. The van der Waals surface area contributed by atoms with Crippen LogP contribution in [-0.2, 0) is 40.9 Å². The SMILES string of the molecule is CC1(C)OC/C=C/[C@H](OC(=O)N2CCN(C3COC3)CC2)[C@@H]2CC[C@H]2CN2C[C@@]3(CCCc4cc(Cl)ccc43)COc3ccc(cc32)S(=O)(=O)NC1=O. The fourth-order valence-corrected chi connectivity index (χ4v) is 10.1. The quantitative estimate of drug-likeness (QED) is 0.436. The molecule has 4 atom stereocenters. The summed E-state index contributed by atoms with van der Waals surface area (Å²) < 4.78 is 53.8. The molecule has 2 bridgehead atoms. The van der Waals surface area contributed by atoms with Crippen LogP contribution in [0.25, 0.3) is 0 Å². The molecule has 2 aliphatic carbocycles. The van der Waals surface area contributed by atoms with E-state index >= 15 is 0 Å². The lowest BCUT2D eigenvalue weighted by Gasteiger charge is -2.46. The second kappa shape index (κ2) is 14.4. The zero-order valence-corrected chi connectivity index (χ0v) is 32.0. The van der Waals surface area contributed by atoms with E-state index in [0.717, 1.165) is 58.4 Å². The van der Waals surface area contributed by atoms with Gasteiger partial charge in [0.05, 0.1) is 43.1 Å². The molecule has 6 aliphatic rings. The van der Waals surface area contributed by atoms with Crippen LogP contribution in [0, 0.1) is 11.8 Å². The van der Waals surface area contributed by atoms with Crippen LogP contribution < -0.4 is 14.4 Å². The van der Waals surface area contributed by atoms with E-state index in [2.05, 4.69) is 26.7 Å². The van der Waals surface area contributed by atoms with Crippen molar-refractivity contribution in [1.82, 2.24) is 14.5 Å². The van der Waals surface area contributed by atoms with E-state index in [1.807, 2.05) is 12.1 Å². The van der Waals surface area contributed by atoms with Crippen molar-refractivity contribution in [2.24, 2.45) is 11.8 Å². The van der Waals surface area contributed by atoms with Gasteiger partial charge in [-0.25, -0.2) is 17.9 Å². The van der Waals surface area contributed by atoms with Crippen LogP contribution >= 0.6 is 11.6 Å². The molecular formula is C39H49ClN4O8S.